The minimum atomic E-state index is -3.90. The van der Waals surface area contributed by atoms with Crippen LogP contribution in [0.15, 0.2) is 47.4 Å². The molecule has 1 heterocycles. The number of hydrogen-bond acceptors (Lipinski definition) is 5. The smallest absolute Gasteiger partial charge is 0.262 e. The number of methoxy groups -OCH3 is 1. The molecule has 9 heteroatoms. The fourth-order valence-electron chi connectivity index (χ4n) is 3.98. The lowest BCUT2D eigenvalue weighted by Gasteiger charge is -2.14. The van der Waals surface area contributed by atoms with Gasteiger partial charge in [-0.05, 0) is 68.5 Å². The van der Waals surface area contributed by atoms with Crippen molar-refractivity contribution in [1.82, 2.24) is 9.78 Å². The number of aromatic nitrogens is 2. The number of hydrogen-bond donors (Lipinski definition) is 2. The summed E-state index contributed by atoms with van der Waals surface area (Å²) in [6, 6.07) is 11.6. The molecule has 1 aromatic heterocycles. The first-order valence-corrected chi connectivity index (χ1v) is 13.1. The van der Waals surface area contributed by atoms with Gasteiger partial charge < -0.3 is 10.1 Å². The molecular formula is C26H34N4O4S. The van der Waals surface area contributed by atoms with Crippen LogP contribution in [-0.4, -0.2) is 31.2 Å². The number of carbonyl (C=O) groups is 1. The van der Waals surface area contributed by atoms with Crippen LogP contribution in [0.25, 0.3) is 0 Å². The maximum atomic E-state index is 13.1. The van der Waals surface area contributed by atoms with Gasteiger partial charge >= 0.3 is 0 Å². The summed E-state index contributed by atoms with van der Waals surface area (Å²) in [5.74, 6) is 0.708. The number of rotatable bonds is 10. The third-order valence-electron chi connectivity index (χ3n) is 5.78. The summed E-state index contributed by atoms with van der Waals surface area (Å²) in [6.07, 6.45) is 0.832. The lowest BCUT2D eigenvalue weighted by atomic mass is 10.1. The van der Waals surface area contributed by atoms with Crippen LogP contribution in [0, 0.1) is 26.7 Å². The van der Waals surface area contributed by atoms with Gasteiger partial charge in [-0.25, -0.2) is 8.42 Å². The van der Waals surface area contributed by atoms with Gasteiger partial charge in [-0.3, -0.25) is 14.2 Å². The first kappa shape index (κ1) is 26.3. The molecule has 2 aromatic carbocycles. The summed E-state index contributed by atoms with van der Waals surface area (Å²) in [6.45, 7) is 10.8. The molecule has 8 nitrogen and oxygen atoms in total. The number of nitrogens with one attached hydrogen (secondary N) is 2. The molecule has 0 aliphatic rings. The van der Waals surface area contributed by atoms with Gasteiger partial charge in [0.15, 0.2) is 0 Å². The van der Waals surface area contributed by atoms with Gasteiger partial charge in [0.2, 0.25) is 5.91 Å². The maximum Gasteiger partial charge on any atom is 0.262 e. The SMILES string of the molecule is COc1ccccc1NS(=O)(=O)c1cc(NC(=O)CCc2c(C)nn(CC(C)C)c2C)ccc1C. The van der Waals surface area contributed by atoms with Crippen LogP contribution in [0.4, 0.5) is 11.4 Å². The third-order valence-corrected chi connectivity index (χ3v) is 7.29. The standard InChI is InChI=1S/C26H34N4O4S/c1-17(2)16-30-20(5)22(19(4)28-30)13-14-26(31)27-21-12-11-18(3)25(15-21)35(32,33)29-23-9-7-8-10-24(23)34-6/h7-12,15,17,29H,13-14,16H2,1-6H3,(H,27,31). The van der Waals surface area contributed by atoms with E-state index in [4.69, 9.17) is 4.74 Å². The van der Waals surface area contributed by atoms with Crippen LogP contribution >= 0.6 is 0 Å². The van der Waals surface area contributed by atoms with Crippen LogP contribution in [0.1, 0.15) is 42.8 Å². The summed E-state index contributed by atoms with van der Waals surface area (Å²) in [5, 5.41) is 7.44. The van der Waals surface area contributed by atoms with Crippen molar-refractivity contribution in [2.75, 3.05) is 17.1 Å². The number of aryl methyl sites for hydroxylation is 2. The highest BCUT2D eigenvalue weighted by molar-refractivity contribution is 7.92. The van der Waals surface area contributed by atoms with E-state index in [0.29, 0.717) is 35.0 Å². The van der Waals surface area contributed by atoms with Gasteiger partial charge in [0.05, 0.1) is 23.4 Å². The van der Waals surface area contributed by atoms with Crippen LogP contribution < -0.4 is 14.8 Å². The number of sulfonamides is 1. The molecule has 188 valence electrons. The van der Waals surface area contributed by atoms with Crippen LogP contribution in [0.3, 0.4) is 0 Å². The zero-order chi connectivity index (χ0) is 25.8. The van der Waals surface area contributed by atoms with E-state index in [1.54, 1.807) is 43.3 Å². The van der Waals surface area contributed by atoms with E-state index in [1.807, 2.05) is 18.5 Å². The Kier molecular flexibility index (Phi) is 8.22. The summed E-state index contributed by atoms with van der Waals surface area (Å²) >= 11 is 0. The minimum Gasteiger partial charge on any atom is -0.495 e. The van der Waals surface area contributed by atoms with Crippen LogP contribution in [0.2, 0.25) is 0 Å². The number of nitrogens with zero attached hydrogens (tertiary/aromatic N) is 2. The fraction of sp³-hybridized carbons (Fsp3) is 0.385. The van der Waals surface area contributed by atoms with Gasteiger partial charge in [0.1, 0.15) is 5.75 Å². The monoisotopic (exact) mass is 498 g/mol. The average molecular weight is 499 g/mol. The number of benzene rings is 2. The number of para-hydroxylation sites is 2. The number of anilines is 2. The van der Waals surface area contributed by atoms with Crippen molar-refractivity contribution in [3.05, 3.63) is 65.0 Å². The first-order valence-electron chi connectivity index (χ1n) is 11.6. The summed E-state index contributed by atoms with van der Waals surface area (Å²) in [5.41, 5.74) is 4.41. The van der Waals surface area contributed by atoms with Crippen LogP contribution in [0.5, 0.6) is 5.75 Å². The highest BCUT2D eigenvalue weighted by atomic mass is 32.2. The number of amides is 1. The second kappa shape index (κ2) is 10.9. The first-order chi connectivity index (χ1) is 16.5. The molecule has 0 unspecified atom stereocenters. The number of ether oxygens (including phenoxy) is 1. The molecule has 0 aliphatic carbocycles. The second-order valence-electron chi connectivity index (χ2n) is 9.06. The summed E-state index contributed by atoms with van der Waals surface area (Å²) in [4.78, 5) is 12.8. The van der Waals surface area contributed by atoms with Gasteiger partial charge in [-0.2, -0.15) is 5.10 Å². The Morgan fingerprint density at radius 3 is 2.51 bits per heavy atom. The van der Waals surface area contributed by atoms with Crippen molar-refractivity contribution < 1.29 is 17.9 Å². The van der Waals surface area contributed by atoms with Crippen molar-refractivity contribution in [2.45, 2.75) is 58.9 Å². The average Bonchev–Trinajstić information content (AvgIpc) is 3.05. The highest BCUT2D eigenvalue weighted by Gasteiger charge is 2.20. The molecule has 1 amide bonds. The van der Waals surface area contributed by atoms with E-state index in [1.165, 1.54) is 13.2 Å². The third kappa shape index (κ3) is 6.42. The predicted molar refractivity (Wildman–Crippen MR) is 138 cm³/mol. The highest BCUT2D eigenvalue weighted by Crippen LogP contribution is 2.28. The van der Waals surface area contributed by atoms with E-state index < -0.39 is 10.0 Å². The van der Waals surface area contributed by atoms with Crippen molar-refractivity contribution in [3.63, 3.8) is 0 Å². The van der Waals surface area contributed by atoms with Crippen molar-refractivity contribution in [1.29, 1.82) is 0 Å². The molecule has 0 radical (unpaired) electrons. The molecule has 0 fully saturated rings. The van der Waals surface area contributed by atoms with Crippen molar-refractivity contribution >= 4 is 27.3 Å². The Balaban J connectivity index is 1.72. The fourth-order valence-corrected chi connectivity index (χ4v) is 5.32. The normalized spacial score (nSPS) is 11.5. The Morgan fingerprint density at radius 2 is 1.83 bits per heavy atom. The van der Waals surface area contributed by atoms with Gasteiger partial charge in [-0.1, -0.05) is 32.0 Å². The predicted octanol–water partition coefficient (Wildman–Crippen LogP) is 4.85. The molecule has 3 aromatic rings. The molecule has 0 atom stereocenters. The minimum absolute atomic E-state index is 0.0860. The summed E-state index contributed by atoms with van der Waals surface area (Å²) in [7, 11) is -2.42. The molecule has 0 spiro atoms. The molecule has 35 heavy (non-hydrogen) atoms. The van der Waals surface area contributed by atoms with Crippen molar-refractivity contribution in [2.24, 2.45) is 5.92 Å². The van der Waals surface area contributed by atoms with E-state index in [-0.39, 0.29) is 17.2 Å². The molecular weight excluding hydrogens is 464 g/mol. The van der Waals surface area contributed by atoms with E-state index in [9.17, 15) is 13.2 Å². The molecule has 0 bridgehead atoms. The van der Waals surface area contributed by atoms with E-state index in [2.05, 4.69) is 29.0 Å². The van der Waals surface area contributed by atoms with Crippen molar-refractivity contribution in [3.8, 4) is 5.75 Å². The Labute approximate surface area is 207 Å². The van der Waals surface area contributed by atoms with E-state index in [0.717, 1.165) is 23.5 Å². The summed E-state index contributed by atoms with van der Waals surface area (Å²) < 4.78 is 36.0. The number of carbonyl (C=O) groups excluding carboxylic acids is 1. The van der Waals surface area contributed by atoms with Gasteiger partial charge in [-0.15, -0.1) is 0 Å². The molecule has 3 rings (SSSR count). The lowest BCUT2D eigenvalue weighted by Crippen LogP contribution is -2.17. The molecule has 0 saturated carbocycles. The zero-order valence-corrected chi connectivity index (χ0v) is 22.0. The van der Waals surface area contributed by atoms with Gasteiger partial charge in [0.25, 0.3) is 10.0 Å². The largest absolute Gasteiger partial charge is 0.495 e. The van der Waals surface area contributed by atoms with Gasteiger partial charge in [0, 0.05) is 24.3 Å². The maximum absolute atomic E-state index is 13.1. The molecule has 2 N–H and O–H groups in total. The molecule has 0 saturated heterocycles. The Bertz CT molecular complexity index is 1310. The van der Waals surface area contributed by atoms with E-state index >= 15 is 0 Å². The second-order valence-corrected chi connectivity index (χ2v) is 10.7. The lowest BCUT2D eigenvalue weighted by molar-refractivity contribution is -0.116. The Morgan fingerprint density at radius 1 is 1.11 bits per heavy atom. The zero-order valence-electron chi connectivity index (χ0n) is 21.2. The van der Waals surface area contributed by atoms with Crippen LogP contribution in [-0.2, 0) is 27.8 Å². The quantitative estimate of drug-likeness (QED) is 0.416. The topological polar surface area (TPSA) is 102 Å². The Hall–Kier alpha value is -3.33. The molecule has 0 aliphatic heterocycles.